The largest absolute Gasteiger partial charge is 0.264 e. The van der Waals surface area contributed by atoms with E-state index >= 15 is 0 Å². The van der Waals surface area contributed by atoms with Crippen LogP contribution in [0, 0.1) is 6.92 Å². The second-order valence-corrected chi connectivity index (χ2v) is 5.66. The summed E-state index contributed by atoms with van der Waals surface area (Å²) < 4.78 is 23.3. The van der Waals surface area contributed by atoms with Crippen molar-refractivity contribution in [3.63, 3.8) is 0 Å². The molecule has 0 aromatic carbocycles. The van der Waals surface area contributed by atoms with Crippen LogP contribution in [0.4, 0.5) is 0 Å². The molecule has 0 amide bonds. The Labute approximate surface area is 96.3 Å². The third kappa shape index (κ3) is 2.20. The van der Waals surface area contributed by atoms with Gasteiger partial charge in [0.25, 0.3) is 9.05 Å². The summed E-state index contributed by atoms with van der Waals surface area (Å²) in [7, 11) is 1.41. The lowest BCUT2D eigenvalue weighted by Crippen LogP contribution is -2.00. The molecular formula is C8H7ClN4O2S. The molecule has 2 rings (SSSR count). The van der Waals surface area contributed by atoms with Gasteiger partial charge in [-0.3, -0.25) is 0 Å². The van der Waals surface area contributed by atoms with E-state index in [4.69, 9.17) is 10.7 Å². The van der Waals surface area contributed by atoms with E-state index in [-0.39, 0.29) is 4.90 Å². The maximum absolute atomic E-state index is 11.0. The fourth-order valence-corrected chi connectivity index (χ4v) is 1.71. The molecule has 8 heteroatoms. The van der Waals surface area contributed by atoms with E-state index in [1.165, 1.54) is 10.9 Å². The number of hydrogen-bond donors (Lipinski definition) is 0. The van der Waals surface area contributed by atoms with E-state index in [9.17, 15) is 8.42 Å². The Kier molecular flexibility index (Phi) is 2.64. The van der Waals surface area contributed by atoms with E-state index in [2.05, 4.69) is 15.3 Å². The first-order chi connectivity index (χ1) is 7.47. The summed E-state index contributed by atoms with van der Waals surface area (Å²) in [5, 5.41) is 11.5. The molecular weight excluding hydrogens is 252 g/mol. The van der Waals surface area contributed by atoms with Crippen molar-refractivity contribution in [1.29, 1.82) is 0 Å². The van der Waals surface area contributed by atoms with Crippen molar-refractivity contribution in [3.8, 4) is 5.82 Å². The number of halogens is 1. The highest BCUT2D eigenvalue weighted by Gasteiger charge is 2.13. The molecule has 6 nitrogen and oxygen atoms in total. The minimum absolute atomic E-state index is 0.0726. The van der Waals surface area contributed by atoms with Gasteiger partial charge in [-0.1, -0.05) is 0 Å². The lowest BCUT2D eigenvalue weighted by atomic mass is 10.4. The van der Waals surface area contributed by atoms with Crippen LogP contribution in [0.2, 0.25) is 0 Å². The van der Waals surface area contributed by atoms with E-state index < -0.39 is 9.05 Å². The first-order valence-corrected chi connectivity index (χ1v) is 6.58. The SMILES string of the molecule is Cc1ccc(-n2cc(S(=O)(=O)Cl)cn2)nn1. The quantitative estimate of drug-likeness (QED) is 0.748. The molecule has 0 bridgehead atoms. The van der Waals surface area contributed by atoms with Crippen molar-refractivity contribution in [2.45, 2.75) is 11.8 Å². The molecule has 0 aliphatic heterocycles. The van der Waals surface area contributed by atoms with Gasteiger partial charge in [0.2, 0.25) is 0 Å². The van der Waals surface area contributed by atoms with Crippen LogP contribution >= 0.6 is 10.7 Å². The van der Waals surface area contributed by atoms with Gasteiger partial charge in [0, 0.05) is 10.7 Å². The van der Waals surface area contributed by atoms with Gasteiger partial charge in [-0.15, -0.1) is 5.10 Å². The Morgan fingerprint density at radius 2 is 2.06 bits per heavy atom. The molecule has 0 aliphatic rings. The smallest absolute Gasteiger partial charge is 0.219 e. The van der Waals surface area contributed by atoms with Gasteiger partial charge in [0.1, 0.15) is 4.90 Å². The average Bonchev–Trinajstić information content (AvgIpc) is 2.67. The van der Waals surface area contributed by atoms with Crippen LogP contribution in [-0.4, -0.2) is 28.4 Å². The third-order valence-electron chi connectivity index (χ3n) is 1.86. The van der Waals surface area contributed by atoms with Crippen molar-refractivity contribution in [1.82, 2.24) is 20.0 Å². The average molecular weight is 259 g/mol. The third-order valence-corrected chi connectivity index (χ3v) is 3.17. The van der Waals surface area contributed by atoms with Gasteiger partial charge in [-0.2, -0.15) is 10.2 Å². The molecule has 0 saturated carbocycles. The topological polar surface area (TPSA) is 77.7 Å². The second kappa shape index (κ2) is 3.84. The van der Waals surface area contributed by atoms with Crippen LogP contribution in [0.1, 0.15) is 5.69 Å². The monoisotopic (exact) mass is 258 g/mol. The van der Waals surface area contributed by atoms with Crippen molar-refractivity contribution >= 4 is 19.7 Å². The van der Waals surface area contributed by atoms with Crippen LogP contribution in [-0.2, 0) is 9.05 Å². The van der Waals surface area contributed by atoms with Crippen molar-refractivity contribution in [3.05, 3.63) is 30.2 Å². The predicted octanol–water partition coefficient (Wildman–Crippen LogP) is 0.898. The number of hydrogen-bond acceptors (Lipinski definition) is 5. The molecule has 0 atom stereocenters. The van der Waals surface area contributed by atoms with Gasteiger partial charge in [0.15, 0.2) is 5.82 Å². The van der Waals surface area contributed by atoms with Crippen LogP contribution in [0.15, 0.2) is 29.4 Å². The number of aromatic nitrogens is 4. The highest BCUT2D eigenvalue weighted by atomic mass is 35.7. The Bertz CT molecular complexity index is 605. The summed E-state index contributed by atoms with van der Waals surface area (Å²) in [5.41, 5.74) is 0.765. The number of rotatable bonds is 2. The maximum Gasteiger partial charge on any atom is 0.264 e. The van der Waals surface area contributed by atoms with Gasteiger partial charge in [-0.25, -0.2) is 13.1 Å². The number of aryl methyl sites for hydroxylation is 1. The summed E-state index contributed by atoms with van der Waals surface area (Å²) in [4.78, 5) is -0.0726. The van der Waals surface area contributed by atoms with Crippen molar-refractivity contribution in [2.24, 2.45) is 0 Å². The highest BCUT2D eigenvalue weighted by molar-refractivity contribution is 8.13. The zero-order valence-corrected chi connectivity index (χ0v) is 9.77. The second-order valence-electron chi connectivity index (χ2n) is 3.09. The molecule has 0 spiro atoms. The van der Waals surface area contributed by atoms with E-state index in [0.717, 1.165) is 11.9 Å². The molecule has 0 unspecified atom stereocenters. The molecule has 2 aromatic heterocycles. The zero-order chi connectivity index (χ0) is 11.8. The molecule has 0 radical (unpaired) electrons. The molecule has 2 aromatic rings. The van der Waals surface area contributed by atoms with E-state index in [1.807, 2.05) is 0 Å². The normalized spacial score (nSPS) is 11.6. The Balaban J connectivity index is 2.43. The summed E-state index contributed by atoms with van der Waals surface area (Å²) >= 11 is 0. The van der Waals surface area contributed by atoms with E-state index in [0.29, 0.717) is 5.82 Å². The van der Waals surface area contributed by atoms with Crippen molar-refractivity contribution < 1.29 is 8.42 Å². The summed E-state index contributed by atoms with van der Waals surface area (Å²) in [6.07, 6.45) is 2.44. The molecule has 84 valence electrons. The molecule has 16 heavy (non-hydrogen) atoms. The standard InChI is InChI=1S/C8H7ClN4O2S/c1-6-2-3-8(12-11-6)13-5-7(4-10-13)16(9,14)15/h2-5H,1H3. The molecule has 2 heterocycles. The lowest BCUT2D eigenvalue weighted by molar-refractivity contribution is 0.609. The molecule has 0 aliphatic carbocycles. The van der Waals surface area contributed by atoms with Crippen LogP contribution < -0.4 is 0 Å². The van der Waals surface area contributed by atoms with Gasteiger partial charge >= 0.3 is 0 Å². The first-order valence-electron chi connectivity index (χ1n) is 4.27. The summed E-state index contributed by atoms with van der Waals surface area (Å²) in [6.45, 7) is 1.80. The summed E-state index contributed by atoms with van der Waals surface area (Å²) in [6, 6.07) is 3.43. The lowest BCUT2D eigenvalue weighted by Gasteiger charge is -1.97. The highest BCUT2D eigenvalue weighted by Crippen LogP contribution is 2.14. The van der Waals surface area contributed by atoms with Crippen molar-refractivity contribution in [2.75, 3.05) is 0 Å². The Morgan fingerprint density at radius 1 is 1.31 bits per heavy atom. The maximum atomic E-state index is 11.0. The molecule has 0 saturated heterocycles. The zero-order valence-electron chi connectivity index (χ0n) is 8.20. The van der Waals surface area contributed by atoms with Gasteiger partial charge < -0.3 is 0 Å². The molecule has 0 fully saturated rings. The minimum Gasteiger partial charge on any atom is -0.219 e. The Morgan fingerprint density at radius 3 is 2.56 bits per heavy atom. The first kappa shape index (κ1) is 11.0. The van der Waals surface area contributed by atoms with E-state index in [1.54, 1.807) is 19.1 Å². The van der Waals surface area contributed by atoms with Crippen LogP contribution in [0.3, 0.4) is 0 Å². The number of nitrogens with zero attached hydrogens (tertiary/aromatic N) is 4. The van der Waals surface area contributed by atoms with Gasteiger partial charge in [0.05, 0.1) is 18.1 Å². The minimum atomic E-state index is -3.76. The fourth-order valence-electron chi connectivity index (χ4n) is 1.07. The van der Waals surface area contributed by atoms with Gasteiger partial charge in [-0.05, 0) is 19.1 Å². The molecule has 0 N–H and O–H groups in total. The summed E-state index contributed by atoms with van der Waals surface area (Å²) in [5.74, 6) is 0.428. The Hall–Kier alpha value is -1.47. The van der Waals surface area contributed by atoms with Crippen LogP contribution in [0.25, 0.3) is 5.82 Å². The van der Waals surface area contributed by atoms with Crippen LogP contribution in [0.5, 0.6) is 0 Å². The fraction of sp³-hybridized carbons (Fsp3) is 0.125. The predicted molar refractivity (Wildman–Crippen MR) is 56.9 cm³/mol.